The molecule has 7 nitrogen and oxygen atoms in total. The lowest BCUT2D eigenvalue weighted by Crippen LogP contribution is -2.40. The lowest BCUT2D eigenvalue weighted by molar-refractivity contribution is -0.138. The van der Waals surface area contributed by atoms with Gasteiger partial charge >= 0.3 is 6.18 Å². The molecule has 2 aromatic rings. The lowest BCUT2D eigenvalue weighted by Gasteiger charge is -2.46. The molecule has 2 heterocycles. The zero-order valence-electron chi connectivity index (χ0n) is 18.5. The van der Waals surface area contributed by atoms with Crippen molar-refractivity contribution in [2.45, 2.75) is 69.1 Å². The summed E-state index contributed by atoms with van der Waals surface area (Å²) < 4.78 is 63.5. The van der Waals surface area contributed by atoms with Crippen LogP contribution in [0.1, 0.15) is 73.1 Å². The van der Waals surface area contributed by atoms with E-state index in [9.17, 15) is 22.2 Å². The highest BCUT2D eigenvalue weighted by molar-refractivity contribution is 7.91. The van der Waals surface area contributed by atoms with E-state index in [1.807, 2.05) is 6.92 Å². The fourth-order valence-corrected chi connectivity index (χ4v) is 6.01. The highest BCUT2D eigenvalue weighted by Gasteiger charge is 2.59. The molecule has 1 unspecified atom stereocenters. The van der Waals surface area contributed by atoms with Crippen LogP contribution in [0, 0.1) is 15.6 Å². The number of nitrogens with one attached hydrogen (secondary N) is 2. The molecule has 2 N–H and O–H groups in total. The van der Waals surface area contributed by atoms with E-state index in [1.54, 1.807) is 0 Å². The van der Waals surface area contributed by atoms with Gasteiger partial charge in [0, 0.05) is 30.6 Å². The van der Waals surface area contributed by atoms with Gasteiger partial charge in [-0.25, -0.2) is 14.0 Å². The maximum absolute atomic E-state index is 14.2. The fraction of sp³-hybridized carbons (Fsp3) is 0.591. The summed E-state index contributed by atoms with van der Waals surface area (Å²) in [4.78, 5) is 17.1. The summed E-state index contributed by atoms with van der Waals surface area (Å²) in [7, 11) is -3.15. The molecule has 178 valence electrons. The third kappa shape index (κ3) is 4.27. The average molecular weight is 482 g/mol. The molecular formula is C22H26F3N5O2S. The van der Waals surface area contributed by atoms with Gasteiger partial charge in [0.05, 0.1) is 15.4 Å². The maximum atomic E-state index is 14.2. The summed E-state index contributed by atoms with van der Waals surface area (Å²) in [5.74, 6) is -1.20. The highest BCUT2D eigenvalue weighted by Crippen LogP contribution is 2.69. The second kappa shape index (κ2) is 7.04. The largest absolute Gasteiger partial charge is 0.420 e. The van der Waals surface area contributed by atoms with Gasteiger partial charge in [-0.15, -0.1) is 0 Å². The van der Waals surface area contributed by atoms with E-state index < -0.39 is 33.1 Å². The Morgan fingerprint density at radius 3 is 2.55 bits per heavy atom. The predicted molar refractivity (Wildman–Crippen MR) is 115 cm³/mol. The summed E-state index contributed by atoms with van der Waals surface area (Å²) >= 11 is 0. The second-order valence-corrected chi connectivity index (χ2v) is 12.5. The number of rotatable bonds is 6. The van der Waals surface area contributed by atoms with E-state index in [0.29, 0.717) is 18.3 Å². The molecule has 0 aliphatic heterocycles. The first kappa shape index (κ1) is 22.4. The Kier molecular flexibility index (Phi) is 4.77. The molecule has 3 aliphatic rings. The van der Waals surface area contributed by atoms with Gasteiger partial charge in [-0.3, -0.25) is 9.48 Å². The first-order valence-electron chi connectivity index (χ1n) is 11.0. The molecule has 0 radical (unpaired) electrons. The number of alkyl halides is 3. The van der Waals surface area contributed by atoms with Gasteiger partial charge in [0.25, 0.3) is 5.91 Å². The molecule has 2 aromatic heterocycles. The quantitative estimate of drug-likeness (QED) is 0.603. The Balaban J connectivity index is 1.52. The molecular weight excluding hydrogens is 455 g/mol. The van der Waals surface area contributed by atoms with Crippen molar-refractivity contribution in [3.8, 4) is 0 Å². The van der Waals surface area contributed by atoms with E-state index >= 15 is 0 Å². The van der Waals surface area contributed by atoms with Crippen molar-refractivity contribution in [3.05, 3.63) is 35.3 Å². The number of hydrogen-bond donors (Lipinski definition) is 2. The first-order chi connectivity index (χ1) is 15.3. The van der Waals surface area contributed by atoms with Crippen molar-refractivity contribution in [3.63, 3.8) is 0 Å². The van der Waals surface area contributed by atoms with Crippen molar-refractivity contribution in [2.24, 2.45) is 10.8 Å². The van der Waals surface area contributed by atoms with Crippen LogP contribution in [0.4, 0.5) is 18.9 Å². The third-order valence-electron chi connectivity index (χ3n) is 6.93. The summed E-state index contributed by atoms with van der Waals surface area (Å²) in [5.41, 5.74) is -1.19. The monoisotopic (exact) mass is 481 g/mol. The molecule has 1 amide bonds. The minimum absolute atomic E-state index is 0.0464. The van der Waals surface area contributed by atoms with Gasteiger partial charge in [-0.05, 0) is 61.5 Å². The molecule has 1 atom stereocenters. The molecule has 3 saturated carbocycles. The van der Waals surface area contributed by atoms with Crippen LogP contribution in [0.2, 0.25) is 0 Å². The van der Waals surface area contributed by atoms with Crippen LogP contribution in [0.5, 0.6) is 0 Å². The van der Waals surface area contributed by atoms with Crippen LogP contribution in [0.15, 0.2) is 23.4 Å². The number of nitrogens with zero attached hydrogens (tertiary/aromatic N) is 3. The second-order valence-electron chi connectivity index (χ2n) is 10.4. The summed E-state index contributed by atoms with van der Waals surface area (Å²) in [5, 5.41) is 6.78. The average Bonchev–Trinajstić information content (AvgIpc) is 3.59. The zero-order chi connectivity index (χ0) is 23.8. The molecule has 5 rings (SSSR count). The van der Waals surface area contributed by atoms with Crippen LogP contribution >= 0.6 is 0 Å². The number of aromatic nitrogens is 3. The van der Waals surface area contributed by atoms with E-state index in [1.165, 1.54) is 29.3 Å². The van der Waals surface area contributed by atoms with Gasteiger partial charge in [-0.2, -0.15) is 18.3 Å². The van der Waals surface area contributed by atoms with E-state index in [-0.39, 0.29) is 34.3 Å². The Labute approximate surface area is 190 Å². The van der Waals surface area contributed by atoms with Gasteiger partial charge in [-0.1, -0.05) is 6.92 Å². The molecule has 1 spiro atoms. The Bertz CT molecular complexity index is 1240. The molecule has 0 bridgehead atoms. The van der Waals surface area contributed by atoms with E-state index in [4.69, 9.17) is 4.78 Å². The summed E-state index contributed by atoms with van der Waals surface area (Å²) in [6.45, 7) is 2.30. The van der Waals surface area contributed by atoms with Gasteiger partial charge in [0.15, 0.2) is 0 Å². The first-order valence-corrected chi connectivity index (χ1v) is 12.9. The standard InChI is InChI=1S/C22H26F3N5O2S/c1-20(10-21(11-20)6-7-21)12-30-18(16(22(23,24)25)17(29-30)13-3-4-13)19(31)28-14-5-8-27-15(9-14)33(2,26)32/h5,8-9,13,26H,3-4,6-7,10-12H2,1-2H3,(H,27,28,31). The molecule has 3 aliphatic carbocycles. The number of pyridine rings is 1. The molecule has 0 saturated heterocycles. The highest BCUT2D eigenvalue weighted by atomic mass is 32.2. The molecule has 11 heteroatoms. The van der Waals surface area contributed by atoms with Crippen molar-refractivity contribution in [1.82, 2.24) is 14.8 Å². The van der Waals surface area contributed by atoms with Crippen molar-refractivity contribution >= 4 is 21.3 Å². The molecule has 33 heavy (non-hydrogen) atoms. The Hall–Kier alpha value is -2.43. The fourth-order valence-electron chi connectivity index (χ4n) is 5.40. The van der Waals surface area contributed by atoms with Crippen molar-refractivity contribution in [2.75, 3.05) is 11.6 Å². The van der Waals surface area contributed by atoms with Crippen LogP contribution in [0.3, 0.4) is 0 Å². The number of halogens is 3. The number of hydrogen-bond acceptors (Lipinski definition) is 5. The predicted octanol–water partition coefficient (Wildman–Crippen LogP) is 5.04. The van der Waals surface area contributed by atoms with E-state index in [2.05, 4.69) is 15.4 Å². The number of carbonyl (C=O) groups excluding carboxylic acids is 1. The summed E-state index contributed by atoms with van der Waals surface area (Å²) in [6, 6.07) is 2.65. The van der Waals surface area contributed by atoms with Gasteiger partial charge in [0.2, 0.25) is 0 Å². The number of carbonyl (C=O) groups is 1. The van der Waals surface area contributed by atoms with Crippen molar-refractivity contribution in [1.29, 1.82) is 4.78 Å². The normalized spacial score (nSPS) is 22.5. The molecule has 3 fully saturated rings. The van der Waals surface area contributed by atoms with E-state index in [0.717, 1.165) is 25.7 Å². The maximum Gasteiger partial charge on any atom is 0.420 e. The van der Waals surface area contributed by atoms with Crippen LogP contribution in [-0.2, 0) is 22.5 Å². The lowest BCUT2D eigenvalue weighted by atomic mass is 9.60. The zero-order valence-corrected chi connectivity index (χ0v) is 19.3. The minimum atomic E-state index is -4.72. The smallest absolute Gasteiger partial charge is 0.320 e. The van der Waals surface area contributed by atoms with Crippen LogP contribution in [-0.4, -0.2) is 31.1 Å². The van der Waals surface area contributed by atoms with Crippen LogP contribution in [0.25, 0.3) is 0 Å². The molecule has 0 aromatic carbocycles. The Morgan fingerprint density at radius 2 is 2.00 bits per heavy atom. The van der Waals surface area contributed by atoms with Gasteiger partial charge in [0.1, 0.15) is 16.3 Å². The summed E-state index contributed by atoms with van der Waals surface area (Å²) in [6.07, 6.45) is 3.19. The van der Waals surface area contributed by atoms with Gasteiger partial charge < -0.3 is 5.32 Å². The minimum Gasteiger partial charge on any atom is -0.320 e. The SMILES string of the molecule is CC1(Cn2nc(C3CC3)c(C(F)(F)F)c2C(=O)Nc2ccnc(S(C)(=N)=O)c2)CC2(CC2)C1. The number of anilines is 1. The number of amides is 1. The van der Waals surface area contributed by atoms with Crippen molar-refractivity contribution < 1.29 is 22.2 Å². The third-order valence-corrected chi connectivity index (χ3v) is 7.95. The topological polar surface area (TPSA) is 101 Å². The van der Waals surface area contributed by atoms with Crippen LogP contribution < -0.4 is 5.32 Å². The Morgan fingerprint density at radius 1 is 1.33 bits per heavy atom.